The molecule has 1 atom stereocenters. The summed E-state index contributed by atoms with van der Waals surface area (Å²) < 4.78 is 0. The summed E-state index contributed by atoms with van der Waals surface area (Å²) in [6.07, 6.45) is 3.15. The summed E-state index contributed by atoms with van der Waals surface area (Å²) >= 11 is 0. The Morgan fingerprint density at radius 2 is 1.48 bits per heavy atom. The fourth-order valence-corrected chi connectivity index (χ4v) is 5.04. The minimum absolute atomic E-state index is 0.0211. The van der Waals surface area contributed by atoms with Crippen molar-refractivity contribution in [3.8, 4) is 0 Å². The van der Waals surface area contributed by atoms with E-state index in [-0.39, 0.29) is 29.6 Å². The van der Waals surface area contributed by atoms with Crippen LogP contribution < -0.4 is 0 Å². The number of piperidine rings is 2. The Bertz CT molecular complexity index is 790. The summed E-state index contributed by atoms with van der Waals surface area (Å²) in [4.78, 5) is 44.5. The molecule has 6 heteroatoms. The van der Waals surface area contributed by atoms with Gasteiger partial charge in [0.15, 0.2) is 0 Å². The molecule has 2 saturated heterocycles. The van der Waals surface area contributed by atoms with E-state index in [4.69, 9.17) is 0 Å². The van der Waals surface area contributed by atoms with Gasteiger partial charge < -0.3 is 14.7 Å². The van der Waals surface area contributed by atoms with Crippen LogP contribution in [0.2, 0.25) is 0 Å². The van der Waals surface area contributed by atoms with Gasteiger partial charge in [-0.3, -0.25) is 14.4 Å². The van der Waals surface area contributed by atoms with Gasteiger partial charge in [-0.1, -0.05) is 17.2 Å². The zero-order valence-corrected chi connectivity index (χ0v) is 19.5. The summed E-state index contributed by atoms with van der Waals surface area (Å²) in [6, 6.07) is 5.92. The van der Waals surface area contributed by atoms with Crippen molar-refractivity contribution in [1.29, 1.82) is 0 Å². The van der Waals surface area contributed by atoms with Gasteiger partial charge in [0.25, 0.3) is 5.91 Å². The SMILES string of the molecule is CCN(CC)C(=O)C1CCN(C(=O)C2CCCN(C(=O)c3cc(C)cc(C)c3)C2)CC1. The van der Waals surface area contributed by atoms with Gasteiger partial charge in [0.2, 0.25) is 11.8 Å². The zero-order valence-electron chi connectivity index (χ0n) is 19.5. The van der Waals surface area contributed by atoms with Crippen LogP contribution in [0.5, 0.6) is 0 Å². The number of likely N-dealkylation sites (tertiary alicyclic amines) is 2. The predicted molar refractivity (Wildman–Crippen MR) is 122 cm³/mol. The molecule has 2 heterocycles. The molecule has 0 N–H and O–H groups in total. The number of hydrogen-bond acceptors (Lipinski definition) is 3. The van der Waals surface area contributed by atoms with E-state index in [0.29, 0.717) is 31.7 Å². The first kappa shape index (κ1) is 23.3. The Hall–Kier alpha value is -2.37. The second kappa shape index (κ2) is 10.3. The number of carbonyl (C=O) groups excluding carboxylic acids is 3. The van der Waals surface area contributed by atoms with Crippen LogP contribution in [0.4, 0.5) is 0 Å². The molecule has 0 saturated carbocycles. The quantitative estimate of drug-likeness (QED) is 0.725. The Morgan fingerprint density at radius 3 is 2.06 bits per heavy atom. The number of rotatable bonds is 5. The second-order valence-corrected chi connectivity index (χ2v) is 9.08. The van der Waals surface area contributed by atoms with Crippen LogP contribution in [-0.2, 0) is 9.59 Å². The highest BCUT2D eigenvalue weighted by molar-refractivity contribution is 5.95. The zero-order chi connectivity index (χ0) is 22.5. The fourth-order valence-electron chi connectivity index (χ4n) is 5.04. The number of carbonyl (C=O) groups is 3. The molecular weight excluding hydrogens is 390 g/mol. The molecule has 170 valence electrons. The van der Waals surface area contributed by atoms with Crippen LogP contribution >= 0.6 is 0 Å². The second-order valence-electron chi connectivity index (χ2n) is 9.08. The molecule has 3 amide bonds. The van der Waals surface area contributed by atoms with E-state index in [1.807, 2.05) is 54.5 Å². The van der Waals surface area contributed by atoms with Crippen LogP contribution in [0.25, 0.3) is 0 Å². The van der Waals surface area contributed by atoms with Gasteiger partial charge in [0.1, 0.15) is 0 Å². The molecule has 0 bridgehead atoms. The Kier molecular flexibility index (Phi) is 7.74. The lowest BCUT2D eigenvalue weighted by molar-refractivity contribution is -0.143. The lowest BCUT2D eigenvalue weighted by Crippen LogP contribution is -2.50. The lowest BCUT2D eigenvalue weighted by atomic mass is 9.91. The summed E-state index contributed by atoms with van der Waals surface area (Å²) in [5.74, 6) is 0.274. The molecule has 0 aliphatic carbocycles. The average molecular weight is 428 g/mol. The highest BCUT2D eigenvalue weighted by atomic mass is 16.2. The summed E-state index contributed by atoms with van der Waals surface area (Å²) in [6.45, 7) is 12.0. The van der Waals surface area contributed by atoms with Crippen molar-refractivity contribution in [2.75, 3.05) is 39.3 Å². The maximum absolute atomic E-state index is 13.2. The van der Waals surface area contributed by atoms with E-state index >= 15 is 0 Å². The molecule has 31 heavy (non-hydrogen) atoms. The van der Waals surface area contributed by atoms with Crippen LogP contribution in [0.15, 0.2) is 18.2 Å². The number of amides is 3. The molecule has 0 radical (unpaired) electrons. The van der Waals surface area contributed by atoms with Crippen LogP contribution in [-0.4, -0.2) is 71.7 Å². The average Bonchev–Trinajstić information content (AvgIpc) is 2.78. The first-order valence-corrected chi connectivity index (χ1v) is 11.8. The van der Waals surface area contributed by atoms with Gasteiger partial charge in [-0.05, 0) is 65.5 Å². The first-order valence-electron chi connectivity index (χ1n) is 11.8. The van der Waals surface area contributed by atoms with Gasteiger partial charge >= 0.3 is 0 Å². The minimum atomic E-state index is -0.140. The molecule has 6 nitrogen and oxygen atoms in total. The van der Waals surface area contributed by atoms with Crippen LogP contribution in [0, 0.1) is 25.7 Å². The predicted octanol–water partition coefficient (Wildman–Crippen LogP) is 3.26. The maximum Gasteiger partial charge on any atom is 0.253 e. The van der Waals surface area contributed by atoms with E-state index in [1.165, 1.54) is 0 Å². The maximum atomic E-state index is 13.2. The number of benzene rings is 1. The van der Waals surface area contributed by atoms with Crippen molar-refractivity contribution in [1.82, 2.24) is 14.7 Å². The monoisotopic (exact) mass is 427 g/mol. The third-order valence-corrected chi connectivity index (χ3v) is 6.76. The van der Waals surface area contributed by atoms with Crippen molar-refractivity contribution in [2.45, 2.75) is 53.4 Å². The number of aryl methyl sites for hydroxylation is 2. The van der Waals surface area contributed by atoms with E-state index in [2.05, 4.69) is 6.07 Å². The Morgan fingerprint density at radius 1 is 0.871 bits per heavy atom. The summed E-state index contributed by atoms with van der Waals surface area (Å²) in [5.41, 5.74) is 2.87. The Balaban J connectivity index is 1.58. The normalized spacial score (nSPS) is 19.9. The highest BCUT2D eigenvalue weighted by Gasteiger charge is 2.35. The molecule has 2 aliphatic heterocycles. The van der Waals surface area contributed by atoms with Crippen molar-refractivity contribution in [2.24, 2.45) is 11.8 Å². The molecule has 1 aromatic rings. The van der Waals surface area contributed by atoms with Crippen molar-refractivity contribution >= 4 is 17.7 Å². The summed E-state index contributed by atoms with van der Waals surface area (Å²) in [5, 5.41) is 0. The lowest BCUT2D eigenvalue weighted by Gasteiger charge is -2.38. The minimum Gasteiger partial charge on any atom is -0.343 e. The third kappa shape index (κ3) is 5.46. The van der Waals surface area contributed by atoms with Crippen molar-refractivity contribution in [3.63, 3.8) is 0 Å². The van der Waals surface area contributed by atoms with Gasteiger partial charge in [-0.2, -0.15) is 0 Å². The van der Waals surface area contributed by atoms with Gasteiger partial charge in [-0.25, -0.2) is 0 Å². The van der Waals surface area contributed by atoms with Crippen LogP contribution in [0.3, 0.4) is 0 Å². The fraction of sp³-hybridized carbons (Fsp3) is 0.640. The third-order valence-electron chi connectivity index (χ3n) is 6.76. The molecule has 2 aliphatic rings. The molecule has 2 fully saturated rings. The first-order chi connectivity index (χ1) is 14.8. The van der Waals surface area contributed by atoms with Crippen molar-refractivity contribution in [3.05, 3.63) is 34.9 Å². The molecule has 3 rings (SSSR count). The summed E-state index contributed by atoms with van der Waals surface area (Å²) in [7, 11) is 0. The molecule has 1 unspecified atom stereocenters. The Labute approximate surface area is 186 Å². The molecule has 0 spiro atoms. The highest BCUT2D eigenvalue weighted by Crippen LogP contribution is 2.25. The van der Waals surface area contributed by atoms with Crippen LogP contribution in [0.1, 0.15) is 61.0 Å². The van der Waals surface area contributed by atoms with Crippen molar-refractivity contribution < 1.29 is 14.4 Å². The standard InChI is InChI=1S/C25H37N3O3/c1-5-26(6-2)23(29)20-9-12-27(13-10-20)24(30)21-8-7-11-28(17-21)25(31)22-15-18(3)14-19(4)16-22/h14-16,20-21H,5-13,17H2,1-4H3. The molecular formula is C25H37N3O3. The number of hydrogen-bond donors (Lipinski definition) is 0. The van der Waals surface area contributed by atoms with E-state index < -0.39 is 0 Å². The van der Waals surface area contributed by atoms with Gasteiger partial charge in [-0.15, -0.1) is 0 Å². The smallest absolute Gasteiger partial charge is 0.253 e. The van der Waals surface area contributed by atoms with E-state index in [0.717, 1.165) is 49.9 Å². The largest absolute Gasteiger partial charge is 0.343 e. The topological polar surface area (TPSA) is 60.9 Å². The van der Waals surface area contributed by atoms with Gasteiger partial charge in [0.05, 0.1) is 5.92 Å². The van der Waals surface area contributed by atoms with Gasteiger partial charge in [0, 0.05) is 50.7 Å². The molecule has 0 aromatic heterocycles. The number of nitrogens with zero attached hydrogens (tertiary/aromatic N) is 3. The van der Waals surface area contributed by atoms with E-state index in [1.54, 1.807) is 0 Å². The van der Waals surface area contributed by atoms with E-state index in [9.17, 15) is 14.4 Å². The molecule has 1 aromatic carbocycles.